The summed E-state index contributed by atoms with van der Waals surface area (Å²) in [7, 11) is 0. The number of rotatable bonds is 7. The topological polar surface area (TPSA) is 71.4 Å². The molecule has 0 bridgehead atoms. The second-order valence-electron chi connectivity index (χ2n) is 6.23. The fourth-order valence-corrected chi connectivity index (χ4v) is 2.16. The molecule has 196 valence electrons. The van der Waals surface area contributed by atoms with Gasteiger partial charge in [0.15, 0.2) is 5.75 Å². The molecule has 0 heterocycles. The molecule has 0 aromatic heterocycles. The summed E-state index contributed by atoms with van der Waals surface area (Å²) in [5.74, 6) is -62.5. The average molecular weight is 544 g/mol. The third kappa shape index (κ3) is 3.17. The maximum absolute atomic E-state index is 13.8. The van der Waals surface area contributed by atoms with Gasteiger partial charge in [0.1, 0.15) is 5.56 Å². The summed E-state index contributed by atoms with van der Waals surface area (Å²) in [6.45, 7) is 0. The van der Waals surface area contributed by atoms with Gasteiger partial charge < -0.3 is 5.11 Å². The van der Waals surface area contributed by atoms with Crippen molar-refractivity contribution in [1.29, 1.82) is 0 Å². The van der Waals surface area contributed by atoms with Crippen LogP contribution in [0.3, 0.4) is 0 Å². The Morgan fingerprint density at radius 2 is 0.706 bits per heavy atom. The SMILES string of the molecule is O=c1c(O)c(C(F)(F)C(F)(F)C(F)(F)C(F)(F)C(F)(F)C(F)(F)C(F)(F)C(F)(F)F)c(=O)c1=O. The molecule has 1 aromatic carbocycles. The van der Waals surface area contributed by atoms with Crippen molar-refractivity contribution in [3.8, 4) is 5.75 Å². The lowest BCUT2D eigenvalue weighted by Gasteiger charge is -2.42. The van der Waals surface area contributed by atoms with Crippen molar-refractivity contribution in [2.45, 2.75) is 47.6 Å². The molecule has 1 aromatic rings. The zero-order valence-electron chi connectivity index (χ0n) is 14.6. The normalized spacial score (nSPS) is 15.7. The van der Waals surface area contributed by atoms with Crippen LogP contribution in [0.15, 0.2) is 14.4 Å². The Morgan fingerprint density at radius 3 is 0.971 bits per heavy atom. The molecule has 1 N–H and O–H groups in total. The summed E-state index contributed by atoms with van der Waals surface area (Å²) in [6.07, 6.45) is -7.91. The molecular formula is C13HF17O4. The highest BCUT2D eigenvalue weighted by atomic mass is 19.4. The first kappa shape index (κ1) is 29.4. The first-order chi connectivity index (χ1) is 14.5. The fourth-order valence-electron chi connectivity index (χ4n) is 2.16. The van der Waals surface area contributed by atoms with Crippen LogP contribution in [0.2, 0.25) is 0 Å². The smallest absolute Gasteiger partial charge is 0.460 e. The zero-order valence-corrected chi connectivity index (χ0v) is 14.6. The molecule has 0 saturated carbocycles. The van der Waals surface area contributed by atoms with E-state index in [0.717, 1.165) is 0 Å². The van der Waals surface area contributed by atoms with Crippen LogP contribution >= 0.6 is 0 Å². The van der Waals surface area contributed by atoms with E-state index in [1.807, 2.05) is 0 Å². The fraction of sp³-hybridized carbons (Fsp3) is 0.615. The Balaban J connectivity index is 3.90. The van der Waals surface area contributed by atoms with Gasteiger partial charge in [0.25, 0.3) is 10.9 Å². The van der Waals surface area contributed by atoms with E-state index < -0.39 is 75.2 Å². The molecule has 21 heteroatoms. The van der Waals surface area contributed by atoms with Gasteiger partial charge >= 0.3 is 47.6 Å². The van der Waals surface area contributed by atoms with Crippen LogP contribution in [0.1, 0.15) is 5.56 Å². The second-order valence-corrected chi connectivity index (χ2v) is 6.23. The molecule has 0 unspecified atom stereocenters. The molecule has 0 spiro atoms. The van der Waals surface area contributed by atoms with Crippen LogP contribution in [0.4, 0.5) is 74.6 Å². The molecule has 0 aliphatic carbocycles. The zero-order chi connectivity index (χ0) is 27.9. The van der Waals surface area contributed by atoms with Crippen molar-refractivity contribution >= 4 is 0 Å². The van der Waals surface area contributed by atoms with Crippen LogP contribution in [-0.4, -0.2) is 46.8 Å². The maximum Gasteiger partial charge on any atom is 0.460 e. The molecule has 0 radical (unpaired) electrons. The Morgan fingerprint density at radius 1 is 0.412 bits per heavy atom. The van der Waals surface area contributed by atoms with Crippen molar-refractivity contribution in [2.75, 3.05) is 0 Å². The largest absolute Gasteiger partial charge is 0.504 e. The van der Waals surface area contributed by atoms with E-state index in [1.54, 1.807) is 0 Å². The van der Waals surface area contributed by atoms with E-state index in [9.17, 15) is 89.0 Å². The number of hydrogen-bond donors (Lipinski definition) is 1. The summed E-state index contributed by atoms with van der Waals surface area (Å²) in [5.41, 5.74) is -12.7. The lowest BCUT2D eigenvalue weighted by Crippen LogP contribution is -2.74. The Kier molecular flexibility index (Phi) is 6.21. The van der Waals surface area contributed by atoms with E-state index in [1.165, 1.54) is 0 Å². The van der Waals surface area contributed by atoms with Crippen LogP contribution in [0.5, 0.6) is 5.75 Å². The Labute approximate surface area is 170 Å². The highest BCUT2D eigenvalue weighted by Gasteiger charge is 2.95. The monoisotopic (exact) mass is 544 g/mol. The van der Waals surface area contributed by atoms with Gasteiger partial charge in [-0.15, -0.1) is 0 Å². The summed E-state index contributed by atoms with van der Waals surface area (Å²) >= 11 is 0. The first-order valence-electron chi connectivity index (χ1n) is 7.30. The molecule has 0 aliphatic heterocycles. The van der Waals surface area contributed by atoms with Gasteiger partial charge in [0.2, 0.25) is 5.43 Å². The van der Waals surface area contributed by atoms with Crippen molar-refractivity contribution in [2.24, 2.45) is 0 Å². The first-order valence-corrected chi connectivity index (χ1v) is 7.30. The molecule has 1 rings (SSSR count). The summed E-state index contributed by atoms with van der Waals surface area (Å²) in [6, 6.07) is 0. The second kappa shape index (κ2) is 7.18. The van der Waals surface area contributed by atoms with Crippen molar-refractivity contribution in [3.63, 3.8) is 0 Å². The molecule has 0 aliphatic rings. The number of aromatic hydroxyl groups is 1. The van der Waals surface area contributed by atoms with Gasteiger partial charge in [0.05, 0.1) is 0 Å². The highest BCUT2D eigenvalue weighted by molar-refractivity contribution is 5.40. The van der Waals surface area contributed by atoms with Gasteiger partial charge in [-0.25, -0.2) is 0 Å². The number of alkyl halides is 17. The predicted molar refractivity (Wildman–Crippen MR) is 68.9 cm³/mol. The third-order valence-corrected chi connectivity index (χ3v) is 4.13. The van der Waals surface area contributed by atoms with E-state index in [0.29, 0.717) is 0 Å². The minimum absolute atomic E-state index is 2.83. The third-order valence-electron chi connectivity index (χ3n) is 4.13. The van der Waals surface area contributed by atoms with E-state index in [-0.39, 0.29) is 0 Å². The van der Waals surface area contributed by atoms with Gasteiger partial charge in [-0.1, -0.05) is 0 Å². The van der Waals surface area contributed by atoms with Gasteiger partial charge in [-0.05, 0) is 0 Å². The van der Waals surface area contributed by atoms with E-state index in [2.05, 4.69) is 0 Å². The highest BCUT2D eigenvalue weighted by Crippen LogP contribution is 2.65. The lowest BCUT2D eigenvalue weighted by molar-refractivity contribution is -0.462. The lowest BCUT2D eigenvalue weighted by atomic mass is 9.87. The van der Waals surface area contributed by atoms with Crippen LogP contribution in [-0.2, 0) is 5.92 Å². The van der Waals surface area contributed by atoms with Crippen molar-refractivity contribution < 1.29 is 79.7 Å². The van der Waals surface area contributed by atoms with Gasteiger partial charge in [0, 0.05) is 0 Å². The Hall–Kier alpha value is -2.64. The predicted octanol–water partition coefficient (Wildman–Crippen LogP) is 3.81. The molecule has 0 amide bonds. The minimum atomic E-state index is -8.91. The molecular weight excluding hydrogens is 543 g/mol. The molecule has 34 heavy (non-hydrogen) atoms. The van der Waals surface area contributed by atoms with Crippen LogP contribution in [0.25, 0.3) is 0 Å². The van der Waals surface area contributed by atoms with Crippen LogP contribution in [0, 0.1) is 0 Å². The summed E-state index contributed by atoms with van der Waals surface area (Å²) in [4.78, 5) is 32.7. The van der Waals surface area contributed by atoms with Crippen molar-refractivity contribution in [3.05, 3.63) is 36.2 Å². The Bertz CT molecular complexity index is 1110. The van der Waals surface area contributed by atoms with E-state index >= 15 is 0 Å². The molecule has 0 atom stereocenters. The standard InChI is InChI=1S/C13HF17O4/c14-6(15,1-2(31)4(33)5(34)3(1)32)7(16,17)8(18,19)9(20,21)10(22,23)11(24,25)12(26,27)13(28,29)30/h31H. The van der Waals surface area contributed by atoms with Crippen molar-refractivity contribution in [1.82, 2.24) is 0 Å². The number of hydrogen-bond acceptors (Lipinski definition) is 4. The minimum Gasteiger partial charge on any atom is -0.504 e. The maximum atomic E-state index is 13.8. The summed E-state index contributed by atoms with van der Waals surface area (Å²) in [5, 5.41) is 8.80. The van der Waals surface area contributed by atoms with Crippen LogP contribution < -0.4 is 16.3 Å². The average Bonchev–Trinajstić information content (AvgIpc) is 2.83. The van der Waals surface area contributed by atoms with E-state index in [4.69, 9.17) is 5.11 Å². The quantitative estimate of drug-likeness (QED) is 0.419. The summed E-state index contributed by atoms with van der Waals surface area (Å²) < 4.78 is 223. The molecule has 0 saturated heterocycles. The number of halogens is 17. The molecule has 4 nitrogen and oxygen atoms in total. The van der Waals surface area contributed by atoms with Gasteiger partial charge in [-0.2, -0.15) is 74.6 Å². The molecule has 0 fully saturated rings. The van der Waals surface area contributed by atoms with Gasteiger partial charge in [-0.3, -0.25) is 14.4 Å².